The summed E-state index contributed by atoms with van der Waals surface area (Å²) in [7, 11) is 3.16. The van der Waals surface area contributed by atoms with E-state index in [0.29, 0.717) is 28.2 Å². The molecule has 1 heterocycles. The molecule has 0 bridgehead atoms. The lowest BCUT2D eigenvalue weighted by molar-refractivity contribution is 0.371. The van der Waals surface area contributed by atoms with Crippen LogP contribution in [0.1, 0.15) is 0 Å². The second-order valence-electron chi connectivity index (χ2n) is 5.18. The van der Waals surface area contributed by atoms with E-state index >= 15 is 0 Å². The number of hydrogen-bond acceptors (Lipinski definition) is 6. The summed E-state index contributed by atoms with van der Waals surface area (Å²) >= 11 is 2.97. The second kappa shape index (κ2) is 7.45. The van der Waals surface area contributed by atoms with Crippen LogP contribution in [0, 0.1) is 0 Å². The maximum atomic E-state index is 12.9. The lowest BCUT2D eigenvalue weighted by atomic mass is 10.1. The van der Waals surface area contributed by atoms with Crippen LogP contribution in [-0.2, 0) is 0 Å². The fraction of sp³-hybridized carbons (Fsp3) is 0.211. The van der Waals surface area contributed by atoms with Gasteiger partial charge in [-0.3, -0.25) is 4.79 Å². The number of methoxy groups -OCH3 is 2. The molecule has 0 aliphatic rings. The lowest BCUT2D eigenvalue weighted by Crippen LogP contribution is -2.06. The molecule has 3 aromatic rings. The quantitative estimate of drug-likeness (QED) is 0.591. The first-order valence-corrected chi connectivity index (χ1v) is 10.00. The summed E-state index contributed by atoms with van der Waals surface area (Å²) in [5, 5.41) is 0.441. The standard InChI is InChI=1S/C19H18O4S2/c1-21-15-14-12(20)10-13(11-8-6-5-7-9-11)23-16(14)19(25-4)17(22-2)18(15)24-3/h5-10H,1-4H3. The Balaban J connectivity index is 2.47. The van der Waals surface area contributed by atoms with Crippen molar-refractivity contribution in [2.45, 2.75) is 9.79 Å². The van der Waals surface area contributed by atoms with Crippen molar-refractivity contribution in [2.24, 2.45) is 0 Å². The molecule has 0 saturated carbocycles. The summed E-state index contributed by atoms with van der Waals surface area (Å²) < 4.78 is 17.3. The van der Waals surface area contributed by atoms with Gasteiger partial charge < -0.3 is 13.9 Å². The number of rotatable bonds is 5. The van der Waals surface area contributed by atoms with E-state index in [1.807, 2.05) is 42.8 Å². The summed E-state index contributed by atoms with van der Waals surface area (Å²) in [6.07, 6.45) is 3.86. The average Bonchev–Trinajstić information content (AvgIpc) is 2.66. The van der Waals surface area contributed by atoms with E-state index in [-0.39, 0.29) is 5.43 Å². The molecule has 1 aromatic heterocycles. The van der Waals surface area contributed by atoms with E-state index in [4.69, 9.17) is 13.9 Å². The molecule has 4 nitrogen and oxygen atoms in total. The van der Waals surface area contributed by atoms with Gasteiger partial charge in [-0.1, -0.05) is 30.3 Å². The van der Waals surface area contributed by atoms with Crippen LogP contribution in [0.15, 0.2) is 55.4 Å². The lowest BCUT2D eigenvalue weighted by Gasteiger charge is -2.17. The topological polar surface area (TPSA) is 48.7 Å². The van der Waals surface area contributed by atoms with Gasteiger partial charge in [0.05, 0.1) is 24.0 Å². The zero-order valence-electron chi connectivity index (χ0n) is 14.4. The number of thioether (sulfide) groups is 2. The number of ether oxygens (including phenoxy) is 2. The maximum absolute atomic E-state index is 12.9. The van der Waals surface area contributed by atoms with Gasteiger partial charge in [0.25, 0.3) is 0 Å². The molecule has 3 rings (SSSR count). The number of fused-ring (bicyclic) bond motifs is 1. The molecular formula is C19H18O4S2. The molecule has 130 valence electrons. The Morgan fingerprint density at radius 2 is 1.56 bits per heavy atom. The summed E-state index contributed by atoms with van der Waals surface area (Å²) in [5.74, 6) is 1.68. The Kier molecular flexibility index (Phi) is 5.30. The summed E-state index contributed by atoms with van der Waals surface area (Å²) in [6, 6.07) is 11.1. The van der Waals surface area contributed by atoms with Crippen LogP contribution in [0.2, 0.25) is 0 Å². The largest absolute Gasteiger partial charge is 0.495 e. The van der Waals surface area contributed by atoms with E-state index in [1.54, 1.807) is 14.2 Å². The molecule has 0 N–H and O–H groups in total. The first-order valence-electron chi connectivity index (χ1n) is 7.55. The molecule has 0 radical (unpaired) electrons. The molecular weight excluding hydrogens is 356 g/mol. The van der Waals surface area contributed by atoms with E-state index in [1.165, 1.54) is 29.6 Å². The third-order valence-corrected chi connectivity index (χ3v) is 5.43. The highest BCUT2D eigenvalue weighted by atomic mass is 32.2. The highest BCUT2D eigenvalue weighted by Crippen LogP contribution is 2.48. The van der Waals surface area contributed by atoms with Gasteiger partial charge in [-0.15, -0.1) is 23.5 Å². The smallest absolute Gasteiger partial charge is 0.197 e. The van der Waals surface area contributed by atoms with Crippen LogP contribution in [0.25, 0.3) is 22.3 Å². The molecule has 2 aromatic carbocycles. The molecule has 0 atom stereocenters. The van der Waals surface area contributed by atoms with Crippen molar-refractivity contribution in [3.8, 4) is 22.8 Å². The van der Waals surface area contributed by atoms with Gasteiger partial charge in [0.15, 0.2) is 22.5 Å². The minimum Gasteiger partial charge on any atom is -0.495 e. The van der Waals surface area contributed by atoms with Crippen molar-refractivity contribution in [1.29, 1.82) is 0 Å². The molecule has 0 saturated heterocycles. The summed E-state index contributed by atoms with van der Waals surface area (Å²) in [6.45, 7) is 0. The predicted octanol–water partition coefficient (Wildman–Crippen LogP) is 4.92. The van der Waals surface area contributed by atoms with Gasteiger partial charge in [0.2, 0.25) is 0 Å². The fourth-order valence-corrected chi connectivity index (χ4v) is 4.29. The normalized spacial score (nSPS) is 10.9. The highest BCUT2D eigenvalue weighted by Gasteiger charge is 2.24. The van der Waals surface area contributed by atoms with Crippen LogP contribution in [0.4, 0.5) is 0 Å². The molecule has 0 amide bonds. The minimum absolute atomic E-state index is 0.134. The van der Waals surface area contributed by atoms with Crippen LogP contribution < -0.4 is 14.9 Å². The average molecular weight is 374 g/mol. The minimum atomic E-state index is -0.134. The Hall–Kier alpha value is -2.05. The molecule has 25 heavy (non-hydrogen) atoms. The number of hydrogen-bond donors (Lipinski definition) is 0. The van der Waals surface area contributed by atoms with Gasteiger partial charge in [0.1, 0.15) is 11.1 Å². The third-order valence-electron chi connectivity index (χ3n) is 3.87. The SMILES string of the molecule is COc1c(SC)c(OC)c2c(=O)cc(-c3ccccc3)oc2c1SC. The third kappa shape index (κ3) is 3.00. The van der Waals surface area contributed by atoms with E-state index in [0.717, 1.165) is 15.4 Å². The fourth-order valence-electron chi connectivity index (χ4n) is 2.79. The monoisotopic (exact) mass is 374 g/mol. The van der Waals surface area contributed by atoms with E-state index in [9.17, 15) is 4.79 Å². The highest BCUT2D eigenvalue weighted by molar-refractivity contribution is 7.99. The van der Waals surface area contributed by atoms with E-state index in [2.05, 4.69) is 0 Å². The Labute approximate surface area is 154 Å². The van der Waals surface area contributed by atoms with Gasteiger partial charge in [-0.2, -0.15) is 0 Å². The second-order valence-corrected chi connectivity index (χ2v) is 6.81. The molecule has 0 aliphatic carbocycles. The van der Waals surface area contributed by atoms with E-state index < -0.39 is 0 Å². The molecule has 0 unspecified atom stereocenters. The van der Waals surface area contributed by atoms with Crippen molar-refractivity contribution in [3.05, 3.63) is 46.6 Å². The first-order chi connectivity index (χ1) is 12.2. The predicted molar refractivity (Wildman–Crippen MR) is 105 cm³/mol. The van der Waals surface area contributed by atoms with Gasteiger partial charge >= 0.3 is 0 Å². The Bertz CT molecular complexity index is 965. The van der Waals surface area contributed by atoms with Gasteiger partial charge in [0, 0.05) is 11.6 Å². The molecule has 0 spiro atoms. The van der Waals surface area contributed by atoms with Crippen molar-refractivity contribution in [3.63, 3.8) is 0 Å². The van der Waals surface area contributed by atoms with Gasteiger partial charge in [-0.25, -0.2) is 0 Å². The van der Waals surface area contributed by atoms with Crippen molar-refractivity contribution >= 4 is 34.5 Å². The molecule has 0 fully saturated rings. The van der Waals surface area contributed by atoms with Crippen LogP contribution in [-0.4, -0.2) is 26.7 Å². The zero-order valence-corrected chi connectivity index (χ0v) is 16.0. The number of benzene rings is 2. The van der Waals surface area contributed by atoms with Crippen LogP contribution in [0.5, 0.6) is 11.5 Å². The first kappa shape index (κ1) is 17.8. The van der Waals surface area contributed by atoms with Crippen LogP contribution in [0.3, 0.4) is 0 Å². The molecule has 0 aliphatic heterocycles. The Morgan fingerprint density at radius 1 is 0.920 bits per heavy atom. The van der Waals surface area contributed by atoms with Crippen LogP contribution >= 0.6 is 23.5 Å². The maximum Gasteiger partial charge on any atom is 0.197 e. The molecule has 6 heteroatoms. The Morgan fingerprint density at radius 3 is 2.12 bits per heavy atom. The summed E-state index contributed by atoms with van der Waals surface area (Å²) in [5.41, 5.74) is 1.20. The van der Waals surface area contributed by atoms with Crippen molar-refractivity contribution in [1.82, 2.24) is 0 Å². The van der Waals surface area contributed by atoms with Crippen molar-refractivity contribution in [2.75, 3.05) is 26.7 Å². The van der Waals surface area contributed by atoms with Gasteiger partial charge in [-0.05, 0) is 12.5 Å². The summed E-state index contributed by atoms with van der Waals surface area (Å²) in [4.78, 5) is 14.5. The zero-order chi connectivity index (χ0) is 18.0. The van der Waals surface area contributed by atoms with Crippen molar-refractivity contribution < 1.29 is 13.9 Å².